The van der Waals surface area contributed by atoms with Crippen LogP contribution >= 0.6 is 15.9 Å². The lowest BCUT2D eigenvalue weighted by Crippen LogP contribution is -2.13. The molecule has 2 aromatic carbocycles. The molecule has 2 aromatic rings. The van der Waals surface area contributed by atoms with Crippen LogP contribution in [0.3, 0.4) is 0 Å². The Balaban J connectivity index is 2.23. The summed E-state index contributed by atoms with van der Waals surface area (Å²) in [6.07, 6.45) is 0. The fraction of sp³-hybridized carbons (Fsp3) is 0.0714. The largest absolute Gasteiger partial charge is 0.465 e. The number of anilines is 1. The average molecular weight is 370 g/mol. The lowest BCUT2D eigenvalue weighted by Gasteiger charge is -2.08. The summed E-state index contributed by atoms with van der Waals surface area (Å²) in [6, 6.07) is 12.3. The number of carbonyl (C=O) groups is 1. The van der Waals surface area contributed by atoms with Crippen LogP contribution in [0.5, 0.6) is 0 Å². The lowest BCUT2D eigenvalue weighted by atomic mass is 10.2. The Hall–Kier alpha value is -1.86. The molecule has 0 aliphatic rings. The number of methoxy groups -OCH3 is 1. The number of carbonyl (C=O) groups excluding carboxylic acids is 1. The predicted molar refractivity (Wildman–Crippen MR) is 82.7 cm³/mol. The first-order chi connectivity index (χ1) is 9.92. The summed E-state index contributed by atoms with van der Waals surface area (Å²) in [5, 5.41) is 0. The van der Waals surface area contributed by atoms with Crippen molar-refractivity contribution in [2.75, 3.05) is 11.8 Å². The SMILES string of the molecule is COC(=O)c1ccc(S(=O)(=O)Nc2ccc(Br)cc2)cc1. The molecule has 0 unspecified atom stereocenters. The highest BCUT2D eigenvalue weighted by Crippen LogP contribution is 2.19. The Kier molecular flexibility index (Phi) is 4.64. The van der Waals surface area contributed by atoms with E-state index in [1.165, 1.54) is 31.4 Å². The van der Waals surface area contributed by atoms with Gasteiger partial charge in [-0.15, -0.1) is 0 Å². The molecule has 0 amide bonds. The van der Waals surface area contributed by atoms with Crippen molar-refractivity contribution in [3.05, 3.63) is 58.6 Å². The van der Waals surface area contributed by atoms with Gasteiger partial charge in [0.2, 0.25) is 0 Å². The fourth-order valence-electron chi connectivity index (χ4n) is 1.62. The fourth-order valence-corrected chi connectivity index (χ4v) is 2.94. The van der Waals surface area contributed by atoms with Gasteiger partial charge in [-0.1, -0.05) is 15.9 Å². The minimum absolute atomic E-state index is 0.0677. The summed E-state index contributed by atoms with van der Waals surface area (Å²) < 4.78 is 32.3. The maximum absolute atomic E-state index is 12.2. The first kappa shape index (κ1) is 15.5. The van der Waals surface area contributed by atoms with Gasteiger partial charge in [0.05, 0.1) is 17.6 Å². The third-order valence-electron chi connectivity index (χ3n) is 2.68. The van der Waals surface area contributed by atoms with E-state index >= 15 is 0 Å². The van der Waals surface area contributed by atoms with E-state index in [4.69, 9.17) is 0 Å². The van der Waals surface area contributed by atoms with Crippen LogP contribution in [0.4, 0.5) is 5.69 Å². The Bertz CT molecular complexity index is 740. The van der Waals surface area contributed by atoms with Crippen molar-refractivity contribution in [2.45, 2.75) is 4.90 Å². The van der Waals surface area contributed by atoms with E-state index in [9.17, 15) is 13.2 Å². The highest BCUT2D eigenvalue weighted by Gasteiger charge is 2.15. The number of ether oxygens (including phenoxy) is 1. The van der Waals surface area contributed by atoms with Crippen molar-refractivity contribution in [1.29, 1.82) is 0 Å². The van der Waals surface area contributed by atoms with Gasteiger partial charge in [0.25, 0.3) is 10.0 Å². The van der Waals surface area contributed by atoms with E-state index in [1.807, 2.05) is 0 Å². The van der Waals surface area contributed by atoms with Gasteiger partial charge in [-0.2, -0.15) is 0 Å². The van der Waals surface area contributed by atoms with E-state index in [0.717, 1.165) is 4.47 Å². The molecule has 0 heterocycles. The number of nitrogens with one attached hydrogen (secondary N) is 1. The number of esters is 1. The molecule has 2 rings (SSSR count). The monoisotopic (exact) mass is 369 g/mol. The van der Waals surface area contributed by atoms with Crippen molar-refractivity contribution in [3.63, 3.8) is 0 Å². The normalized spacial score (nSPS) is 11.0. The van der Waals surface area contributed by atoms with E-state index < -0.39 is 16.0 Å². The zero-order valence-corrected chi connectivity index (χ0v) is 13.4. The van der Waals surface area contributed by atoms with E-state index in [1.54, 1.807) is 24.3 Å². The Morgan fingerprint density at radius 2 is 1.62 bits per heavy atom. The third kappa shape index (κ3) is 3.83. The molecule has 0 radical (unpaired) electrons. The van der Waals surface area contributed by atoms with Gasteiger partial charge in [-0.05, 0) is 48.5 Å². The zero-order chi connectivity index (χ0) is 15.5. The number of hydrogen-bond acceptors (Lipinski definition) is 4. The minimum atomic E-state index is -3.69. The number of benzene rings is 2. The molecule has 0 atom stereocenters. The highest BCUT2D eigenvalue weighted by atomic mass is 79.9. The maximum Gasteiger partial charge on any atom is 0.337 e. The maximum atomic E-state index is 12.2. The lowest BCUT2D eigenvalue weighted by molar-refractivity contribution is 0.0600. The van der Waals surface area contributed by atoms with Gasteiger partial charge in [-0.25, -0.2) is 13.2 Å². The van der Waals surface area contributed by atoms with Crippen molar-refractivity contribution >= 4 is 37.6 Å². The second-order valence-corrected chi connectivity index (χ2v) is 6.73. The summed E-state index contributed by atoms with van der Waals surface area (Å²) in [5.74, 6) is -0.514. The summed E-state index contributed by atoms with van der Waals surface area (Å²) in [4.78, 5) is 11.4. The first-order valence-electron chi connectivity index (χ1n) is 5.89. The molecular weight excluding hydrogens is 358 g/mol. The van der Waals surface area contributed by atoms with E-state index in [-0.39, 0.29) is 4.90 Å². The van der Waals surface area contributed by atoms with Crippen LogP contribution in [0, 0.1) is 0 Å². The molecule has 0 fully saturated rings. The molecule has 21 heavy (non-hydrogen) atoms. The average Bonchev–Trinajstić information content (AvgIpc) is 2.49. The quantitative estimate of drug-likeness (QED) is 0.840. The molecular formula is C14H12BrNO4S. The number of rotatable bonds is 4. The van der Waals surface area contributed by atoms with Gasteiger partial charge in [-0.3, -0.25) is 4.72 Å². The van der Waals surface area contributed by atoms with E-state index in [2.05, 4.69) is 25.4 Å². The molecule has 0 saturated carbocycles. The molecule has 0 aliphatic heterocycles. The summed E-state index contributed by atoms with van der Waals surface area (Å²) in [6.45, 7) is 0. The van der Waals surface area contributed by atoms with Crippen LogP contribution in [-0.2, 0) is 14.8 Å². The van der Waals surface area contributed by atoms with Gasteiger partial charge in [0.1, 0.15) is 0 Å². The molecule has 0 aromatic heterocycles. The zero-order valence-electron chi connectivity index (χ0n) is 11.0. The van der Waals surface area contributed by atoms with Crippen LogP contribution in [0.15, 0.2) is 57.9 Å². The van der Waals surface area contributed by atoms with Crippen molar-refractivity contribution in [2.24, 2.45) is 0 Å². The van der Waals surface area contributed by atoms with Crippen molar-refractivity contribution in [3.8, 4) is 0 Å². The summed E-state index contributed by atoms with van der Waals surface area (Å²) in [5.41, 5.74) is 0.746. The third-order valence-corrected chi connectivity index (χ3v) is 4.61. The van der Waals surface area contributed by atoms with Crippen molar-refractivity contribution < 1.29 is 17.9 Å². The summed E-state index contributed by atoms with van der Waals surface area (Å²) >= 11 is 3.28. The van der Waals surface area contributed by atoms with Crippen LogP contribution in [0.1, 0.15) is 10.4 Å². The Morgan fingerprint density at radius 1 is 1.05 bits per heavy atom. The van der Waals surface area contributed by atoms with Crippen LogP contribution in [0.25, 0.3) is 0 Å². The first-order valence-corrected chi connectivity index (χ1v) is 8.17. The van der Waals surface area contributed by atoms with Gasteiger partial charge in [0.15, 0.2) is 0 Å². The topological polar surface area (TPSA) is 72.5 Å². The second-order valence-electron chi connectivity index (χ2n) is 4.13. The number of hydrogen-bond donors (Lipinski definition) is 1. The standard InChI is InChI=1S/C14H12BrNO4S/c1-20-14(17)10-2-8-13(9-3-10)21(18,19)16-12-6-4-11(15)5-7-12/h2-9,16H,1H3. The number of halogens is 1. The predicted octanol–water partition coefficient (Wildman–Crippen LogP) is 3.04. The molecule has 7 heteroatoms. The highest BCUT2D eigenvalue weighted by molar-refractivity contribution is 9.10. The molecule has 1 N–H and O–H groups in total. The van der Waals surface area contributed by atoms with Crippen molar-refractivity contribution in [1.82, 2.24) is 0 Å². The van der Waals surface area contributed by atoms with Gasteiger partial charge in [0, 0.05) is 10.2 Å². The second kappa shape index (κ2) is 6.28. The Morgan fingerprint density at radius 3 is 2.14 bits per heavy atom. The molecule has 0 saturated heterocycles. The smallest absolute Gasteiger partial charge is 0.337 e. The molecule has 5 nitrogen and oxygen atoms in total. The van der Waals surface area contributed by atoms with Crippen LogP contribution < -0.4 is 4.72 Å². The number of sulfonamides is 1. The van der Waals surface area contributed by atoms with Gasteiger partial charge >= 0.3 is 5.97 Å². The minimum Gasteiger partial charge on any atom is -0.465 e. The molecule has 0 bridgehead atoms. The van der Waals surface area contributed by atoms with Gasteiger partial charge < -0.3 is 4.74 Å². The summed E-state index contributed by atoms with van der Waals surface area (Å²) in [7, 11) is -2.43. The molecule has 110 valence electrons. The van der Waals surface area contributed by atoms with Crippen LogP contribution in [0.2, 0.25) is 0 Å². The molecule has 0 aliphatic carbocycles. The molecule has 0 spiro atoms. The Labute approximate surface area is 131 Å². The van der Waals surface area contributed by atoms with Crippen LogP contribution in [-0.4, -0.2) is 21.5 Å². The van der Waals surface area contributed by atoms with E-state index in [0.29, 0.717) is 11.3 Å².